The first-order chi connectivity index (χ1) is 11.1. The summed E-state index contributed by atoms with van der Waals surface area (Å²) in [4.78, 5) is 28.6. The van der Waals surface area contributed by atoms with E-state index in [2.05, 4.69) is 16.4 Å². The van der Waals surface area contributed by atoms with Crippen molar-refractivity contribution >= 4 is 17.9 Å². The Morgan fingerprint density at radius 3 is 2.65 bits per heavy atom. The normalized spacial score (nSPS) is 20.6. The second-order valence-electron chi connectivity index (χ2n) is 6.75. The average molecular weight is 312 g/mol. The van der Waals surface area contributed by atoms with Gasteiger partial charge in [0.25, 0.3) is 5.91 Å². The molecule has 1 atom stereocenters. The second-order valence-corrected chi connectivity index (χ2v) is 6.75. The maximum atomic E-state index is 12.2. The summed E-state index contributed by atoms with van der Waals surface area (Å²) in [7, 11) is 0. The molecule has 4 nitrogen and oxygen atoms in total. The number of rotatable bonds is 4. The van der Waals surface area contributed by atoms with Gasteiger partial charge in [-0.05, 0) is 44.2 Å². The number of aryl methyl sites for hydroxylation is 2. The Kier molecular flexibility index (Phi) is 4.60. The summed E-state index contributed by atoms with van der Waals surface area (Å²) in [6.07, 6.45) is 6.95. The van der Waals surface area contributed by atoms with E-state index in [0.717, 1.165) is 47.4 Å². The highest BCUT2D eigenvalue weighted by molar-refractivity contribution is 5.86. The lowest BCUT2D eigenvalue weighted by Gasteiger charge is -2.15. The van der Waals surface area contributed by atoms with Crippen LogP contribution in [0.1, 0.15) is 43.2 Å². The Bertz CT molecular complexity index is 745. The Morgan fingerprint density at radius 1 is 1.22 bits per heavy atom. The number of fused-ring (bicyclic) bond motifs is 1. The van der Waals surface area contributed by atoms with Gasteiger partial charge in [0.05, 0.1) is 11.3 Å². The van der Waals surface area contributed by atoms with Crippen molar-refractivity contribution in [3.05, 3.63) is 33.8 Å². The van der Waals surface area contributed by atoms with E-state index < -0.39 is 0 Å². The maximum absolute atomic E-state index is 12.2. The predicted octanol–water partition coefficient (Wildman–Crippen LogP) is 1.56. The molecule has 0 radical (unpaired) electrons. The number of benzene rings is 1. The molecule has 0 bridgehead atoms. The number of amides is 2. The number of nitrogens with zero attached hydrogens (tertiary/aromatic N) is 1. The zero-order valence-corrected chi connectivity index (χ0v) is 13.9. The van der Waals surface area contributed by atoms with Crippen molar-refractivity contribution in [1.82, 2.24) is 5.32 Å². The number of hydrogen-bond donors (Lipinski definition) is 1. The molecule has 1 aliphatic heterocycles. The smallest absolute Gasteiger partial charge is 0.253 e. The van der Waals surface area contributed by atoms with Gasteiger partial charge in [-0.3, -0.25) is 9.59 Å². The molecule has 2 aliphatic rings. The molecule has 23 heavy (non-hydrogen) atoms. The van der Waals surface area contributed by atoms with E-state index in [1.54, 1.807) is 0 Å². The Labute approximate surface area is 136 Å². The van der Waals surface area contributed by atoms with E-state index in [4.69, 9.17) is 0 Å². The highest BCUT2D eigenvalue weighted by Gasteiger charge is 2.23. The summed E-state index contributed by atoms with van der Waals surface area (Å²) >= 11 is 0. The van der Waals surface area contributed by atoms with Crippen LogP contribution in [0.5, 0.6) is 0 Å². The third-order valence-electron chi connectivity index (χ3n) is 5.02. The first kappa shape index (κ1) is 15.9. The topological polar surface area (TPSA) is 58.5 Å². The lowest BCUT2D eigenvalue weighted by Crippen LogP contribution is -2.38. The van der Waals surface area contributed by atoms with Crippen LogP contribution in [-0.2, 0) is 9.59 Å². The molecule has 1 unspecified atom stereocenters. The molecule has 0 saturated heterocycles. The van der Waals surface area contributed by atoms with Crippen molar-refractivity contribution in [3.8, 4) is 0 Å². The van der Waals surface area contributed by atoms with E-state index >= 15 is 0 Å². The highest BCUT2D eigenvalue weighted by Crippen LogP contribution is 2.24. The molecule has 1 aromatic rings. The van der Waals surface area contributed by atoms with Crippen molar-refractivity contribution in [2.45, 2.75) is 46.0 Å². The van der Waals surface area contributed by atoms with E-state index in [1.807, 2.05) is 26.0 Å². The van der Waals surface area contributed by atoms with Crippen LogP contribution in [0.15, 0.2) is 17.1 Å². The van der Waals surface area contributed by atoms with Crippen LogP contribution in [0.3, 0.4) is 0 Å². The number of carbonyl (C=O) groups excluding carboxylic acids is 2. The van der Waals surface area contributed by atoms with Gasteiger partial charge < -0.3 is 5.32 Å². The molecule has 122 valence electrons. The number of nitrogens with one attached hydrogen (secondary N) is 1. The summed E-state index contributed by atoms with van der Waals surface area (Å²) in [6, 6.07) is 4.07. The van der Waals surface area contributed by atoms with E-state index in [9.17, 15) is 9.59 Å². The Balaban J connectivity index is 1.67. The minimum Gasteiger partial charge on any atom is -0.356 e. The van der Waals surface area contributed by atoms with Crippen molar-refractivity contribution in [3.63, 3.8) is 0 Å². The predicted molar refractivity (Wildman–Crippen MR) is 89.2 cm³/mol. The van der Waals surface area contributed by atoms with Crippen LogP contribution in [0.4, 0.5) is 0 Å². The molecular formula is C19H24N2O2. The van der Waals surface area contributed by atoms with Gasteiger partial charge in [-0.25, -0.2) is 4.99 Å². The average Bonchev–Trinajstić information content (AvgIpc) is 3.06. The number of carbonyl (C=O) groups is 2. The summed E-state index contributed by atoms with van der Waals surface area (Å²) in [6.45, 7) is 4.56. The molecule has 1 fully saturated rings. The zero-order chi connectivity index (χ0) is 16.4. The fourth-order valence-corrected chi connectivity index (χ4v) is 3.53. The molecule has 1 N–H and O–H groups in total. The van der Waals surface area contributed by atoms with Gasteiger partial charge in [-0.1, -0.05) is 31.1 Å². The molecule has 1 heterocycles. The van der Waals surface area contributed by atoms with Crippen molar-refractivity contribution in [2.24, 2.45) is 16.8 Å². The summed E-state index contributed by atoms with van der Waals surface area (Å²) in [5.41, 5.74) is 2.17. The van der Waals surface area contributed by atoms with Crippen molar-refractivity contribution < 1.29 is 9.59 Å². The monoisotopic (exact) mass is 312 g/mol. The summed E-state index contributed by atoms with van der Waals surface area (Å²) < 4.78 is 0. The van der Waals surface area contributed by atoms with Gasteiger partial charge in [0.1, 0.15) is 0 Å². The molecule has 1 saturated carbocycles. The van der Waals surface area contributed by atoms with E-state index in [1.165, 1.54) is 0 Å². The third-order valence-corrected chi connectivity index (χ3v) is 5.02. The summed E-state index contributed by atoms with van der Waals surface area (Å²) in [5, 5.41) is 4.86. The first-order valence-corrected chi connectivity index (χ1v) is 8.54. The zero-order valence-electron chi connectivity index (χ0n) is 13.9. The Hall–Kier alpha value is -1.97. The minimum atomic E-state index is -0.230. The van der Waals surface area contributed by atoms with Gasteiger partial charge in [-0.2, -0.15) is 0 Å². The highest BCUT2D eigenvalue weighted by atomic mass is 16.2. The third kappa shape index (κ3) is 3.36. The van der Waals surface area contributed by atoms with Gasteiger partial charge in [-0.15, -0.1) is 0 Å². The lowest BCUT2D eigenvalue weighted by molar-refractivity contribution is -0.125. The number of hydrogen-bond acceptors (Lipinski definition) is 2. The fourth-order valence-electron chi connectivity index (χ4n) is 3.53. The standard InChI is InChI=1S/C19H24N2O2/c1-12-7-8-13(2)17-16(12)11-15(19(23)21-17)9-10-20-18(22)14-5-3-4-6-14/h7-8,11,14-15H,3-6,9-10H2,1-2H3,(H,20,22). The van der Waals surface area contributed by atoms with Crippen LogP contribution in [-0.4, -0.2) is 18.4 Å². The van der Waals surface area contributed by atoms with Crippen molar-refractivity contribution in [2.75, 3.05) is 6.54 Å². The molecule has 0 aromatic heterocycles. The maximum Gasteiger partial charge on any atom is 0.253 e. The van der Waals surface area contributed by atoms with Gasteiger partial charge >= 0.3 is 0 Å². The van der Waals surface area contributed by atoms with Crippen LogP contribution in [0.25, 0.3) is 6.08 Å². The molecule has 0 spiro atoms. The minimum absolute atomic E-state index is 0.0960. The van der Waals surface area contributed by atoms with E-state index in [0.29, 0.717) is 13.0 Å². The second kappa shape index (κ2) is 6.65. The molecule has 4 heteroatoms. The van der Waals surface area contributed by atoms with Gasteiger partial charge in [0, 0.05) is 17.7 Å². The molecular weight excluding hydrogens is 288 g/mol. The van der Waals surface area contributed by atoms with Crippen LogP contribution in [0.2, 0.25) is 0 Å². The fraction of sp³-hybridized carbons (Fsp3) is 0.526. The first-order valence-electron chi connectivity index (χ1n) is 8.54. The summed E-state index contributed by atoms with van der Waals surface area (Å²) in [5.74, 6) is -0.000315. The lowest BCUT2D eigenvalue weighted by atomic mass is 9.97. The Morgan fingerprint density at radius 2 is 1.91 bits per heavy atom. The quantitative estimate of drug-likeness (QED) is 0.917. The largest absolute Gasteiger partial charge is 0.356 e. The molecule has 2 amide bonds. The van der Waals surface area contributed by atoms with Crippen LogP contribution < -0.4 is 15.9 Å². The molecule has 1 aromatic carbocycles. The molecule has 1 aliphatic carbocycles. The van der Waals surface area contributed by atoms with E-state index in [-0.39, 0.29) is 23.7 Å². The molecule has 3 rings (SSSR count). The van der Waals surface area contributed by atoms with Crippen LogP contribution >= 0.6 is 0 Å². The van der Waals surface area contributed by atoms with Crippen LogP contribution in [0, 0.1) is 25.7 Å². The van der Waals surface area contributed by atoms with Gasteiger partial charge in [0.2, 0.25) is 5.91 Å². The van der Waals surface area contributed by atoms with Crippen molar-refractivity contribution in [1.29, 1.82) is 0 Å². The SMILES string of the molecule is Cc1ccc(C)c2c1=CC(CCNC(=O)C1CCCC1)C(=O)N=2. The van der Waals surface area contributed by atoms with Gasteiger partial charge in [0.15, 0.2) is 0 Å².